The number of quaternary nitrogens is 1. The number of para-hydroxylation sites is 1. The number of ether oxygens (including phenoxy) is 1. The normalized spacial score (nSPS) is 26.2. The number of hydrogen-bond donors (Lipinski definition) is 1. The third kappa shape index (κ3) is 5.02. The van der Waals surface area contributed by atoms with Gasteiger partial charge in [0, 0.05) is 29.8 Å². The highest BCUT2D eigenvalue weighted by atomic mass is 32.1. The van der Waals surface area contributed by atoms with Crippen molar-refractivity contribution < 1.29 is 18.8 Å². The Morgan fingerprint density at radius 3 is 2.51 bits per heavy atom. The number of aromatic nitrogens is 1. The molecule has 0 saturated carbocycles. The molecule has 5 atom stereocenters. The van der Waals surface area contributed by atoms with E-state index in [0.29, 0.717) is 35.2 Å². The molecule has 0 spiro atoms. The lowest BCUT2D eigenvalue weighted by Crippen LogP contribution is -2.69. The minimum atomic E-state index is -0.598. The van der Waals surface area contributed by atoms with Gasteiger partial charge in [0.2, 0.25) is 5.78 Å². The van der Waals surface area contributed by atoms with Crippen LogP contribution in [0.3, 0.4) is 0 Å². The lowest BCUT2D eigenvalue weighted by Gasteiger charge is -2.55. The fourth-order valence-corrected chi connectivity index (χ4v) is 6.29. The maximum atomic E-state index is 13.6. The van der Waals surface area contributed by atoms with Gasteiger partial charge in [0.05, 0.1) is 17.6 Å². The molecule has 0 aliphatic carbocycles. The zero-order valence-corrected chi connectivity index (χ0v) is 21.0. The SMILES string of the molecule is Cc1nc(C(=O)C[N+]23CCC(CC2C)C(OC(=O)C(Nc2ccccc2)c2ccccc2)C3)cs1. The Labute approximate surface area is 210 Å². The summed E-state index contributed by atoms with van der Waals surface area (Å²) in [6, 6.07) is 19.2. The molecule has 1 aromatic heterocycles. The van der Waals surface area contributed by atoms with E-state index in [1.165, 1.54) is 11.3 Å². The molecule has 4 heterocycles. The van der Waals surface area contributed by atoms with E-state index in [4.69, 9.17) is 4.74 Å². The molecule has 5 unspecified atom stereocenters. The standard InChI is InChI=1S/C28H32N3O3S/c1-19-15-22-13-14-31(19,16-25(32)24-18-35-20(2)29-24)17-26(22)34-28(33)27(21-9-5-3-6-10-21)30-23-11-7-4-8-12-23/h3-12,18-19,22,26-27,30H,13-17H2,1-2H3/q+1. The van der Waals surface area contributed by atoms with E-state index in [1.54, 1.807) is 0 Å². The molecule has 2 aromatic carbocycles. The molecule has 7 heteroatoms. The van der Waals surface area contributed by atoms with E-state index in [9.17, 15) is 9.59 Å². The number of anilines is 1. The maximum absolute atomic E-state index is 13.6. The van der Waals surface area contributed by atoms with Crippen LogP contribution in [0.5, 0.6) is 0 Å². The predicted molar refractivity (Wildman–Crippen MR) is 137 cm³/mol. The quantitative estimate of drug-likeness (QED) is 0.273. The second-order valence-corrected chi connectivity index (χ2v) is 11.0. The number of Topliss-reactive ketones (excluding diaryl/α,β-unsaturated/α-hetero) is 1. The summed E-state index contributed by atoms with van der Waals surface area (Å²) in [6.07, 6.45) is 1.73. The monoisotopic (exact) mass is 490 g/mol. The number of hydrogen-bond acceptors (Lipinski definition) is 6. The number of ketones is 1. The first-order valence-electron chi connectivity index (χ1n) is 12.3. The number of aryl methyl sites for hydroxylation is 1. The fourth-order valence-electron chi connectivity index (χ4n) is 5.67. The van der Waals surface area contributed by atoms with Crippen molar-refractivity contribution in [2.45, 2.75) is 44.9 Å². The van der Waals surface area contributed by atoms with Gasteiger partial charge in [0.25, 0.3) is 0 Å². The third-order valence-electron chi connectivity index (χ3n) is 7.68. The van der Waals surface area contributed by atoms with Crippen molar-refractivity contribution in [3.63, 3.8) is 0 Å². The first kappa shape index (κ1) is 23.7. The number of benzene rings is 2. The second-order valence-electron chi connectivity index (χ2n) is 9.92. The van der Waals surface area contributed by atoms with Crippen molar-refractivity contribution in [2.24, 2.45) is 5.92 Å². The number of nitrogens with one attached hydrogen (secondary N) is 1. The Morgan fingerprint density at radius 2 is 1.86 bits per heavy atom. The summed E-state index contributed by atoms with van der Waals surface area (Å²) in [7, 11) is 0. The van der Waals surface area contributed by atoms with Gasteiger partial charge in [-0.3, -0.25) is 4.79 Å². The Bertz CT molecular complexity index is 1180. The molecule has 0 amide bonds. The number of carbonyl (C=O) groups is 2. The lowest BCUT2D eigenvalue weighted by atomic mass is 9.78. The zero-order chi connectivity index (χ0) is 24.4. The molecule has 3 aliphatic rings. The molecular weight excluding hydrogens is 458 g/mol. The average molecular weight is 491 g/mol. The minimum absolute atomic E-state index is 0.0829. The van der Waals surface area contributed by atoms with Crippen molar-refractivity contribution in [1.82, 2.24) is 4.98 Å². The van der Waals surface area contributed by atoms with Crippen LogP contribution in [0.1, 0.15) is 46.9 Å². The molecule has 182 valence electrons. The summed E-state index contributed by atoms with van der Waals surface area (Å²) < 4.78 is 6.91. The van der Waals surface area contributed by atoms with Crippen LogP contribution in [0.15, 0.2) is 66.0 Å². The van der Waals surface area contributed by atoms with Crippen LogP contribution in [0, 0.1) is 12.8 Å². The van der Waals surface area contributed by atoms with Gasteiger partial charge in [0.1, 0.15) is 18.8 Å². The number of thiazole rings is 1. The first-order chi connectivity index (χ1) is 16.9. The van der Waals surface area contributed by atoms with Crippen molar-refractivity contribution in [3.8, 4) is 0 Å². The number of nitrogens with zero attached hydrogens (tertiary/aromatic N) is 2. The smallest absolute Gasteiger partial charge is 0.333 e. The number of esters is 1. The van der Waals surface area contributed by atoms with Crippen molar-refractivity contribution in [3.05, 3.63) is 82.3 Å². The summed E-state index contributed by atoms with van der Waals surface area (Å²) in [6.45, 7) is 6.19. The van der Waals surface area contributed by atoms with Crippen LogP contribution in [-0.4, -0.2) is 53.0 Å². The largest absolute Gasteiger partial charge is 0.454 e. The topological polar surface area (TPSA) is 68.3 Å². The van der Waals surface area contributed by atoms with Crippen LogP contribution < -0.4 is 5.32 Å². The van der Waals surface area contributed by atoms with Crippen LogP contribution in [0.2, 0.25) is 0 Å². The van der Waals surface area contributed by atoms with Gasteiger partial charge in [0.15, 0.2) is 12.1 Å². The summed E-state index contributed by atoms with van der Waals surface area (Å²) in [4.78, 5) is 31.1. The highest BCUT2D eigenvalue weighted by molar-refractivity contribution is 7.09. The predicted octanol–water partition coefficient (Wildman–Crippen LogP) is 5.03. The fraction of sp³-hybridized carbons (Fsp3) is 0.393. The zero-order valence-electron chi connectivity index (χ0n) is 20.2. The summed E-state index contributed by atoms with van der Waals surface area (Å²) in [5.41, 5.74) is 2.30. The molecule has 2 bridgehead atoms. The number of rotatable bonds is 8. The van der Waals surface area contributed by atoms with Crippen LogP contribution in [0.25, 0.3) is 0 Å². The van der Waals surface area contributed by atoms with Gasteiger partial charge in [-0.05, 0) is 31.5 Å². The summed E-state index contributed by atoms with van der Waals surface area (Å²) in [5.74, 6) is 0.143. The number of fused-ring (bicyclic) bond motifs is 3. The Morgan fingerprint density at radius 1 is 1.14 bits per heavy atom. The molecule has 35 heavy (non-hydrogen) atoms. The van der Waals surface area contributed by atoms with Gasteiger partial charge in [-0.1, -0.05) is 48.5 Å². The summed E-state index contributed by atoms with van der Waals surface area (Å²) in [5, 5.41) is 6.12. The Hall–Kier alpha value is -3.03. The average Bonchev–Trinajstić information content (AvgIpc) is 3.31. The molecule has 6 nitrogen and oxygen atoms in total. The van der Waals surface area contributed by atoms with E-state index < -0.39 is 6.04 Å². The van der Waals surface area contributed by atoms with E-state index in [2.05, 4.69) is 17.2 Å². The molecule has 3 fully saturated rings. The van der Waals surface area contributed by atoms with Crippen molar-refractivity contribution in [2.75, 3.05) is 25.0 Å². The van der Waals surface area contributed by atoms with Crippen LogP contribution in [-0.2, 0) is 9.53 Å². The second kappa shape index (κ2) is 9.91. The number of carbonyl (C=O) groups excluding carboxylic acids is 2. The molecule has 1 N–H and O–H groups in total. The highest BCUT2D eigenvalue weighted by Gasteiger charge is 2.53. The lowest BCUT2D eigenvalue weighted by molar-refractivity contribution is -0.960. The van der Waals surface area contributed by atoms with Gasteiger partial charge in [-0.25, -0.2) is 9.78 Å². The van der Waals surface area contributed by atoms with E-state index in [1.807, 2.05) is 73.0 Å². The third-order valence-corrected chi connectivity index (χ3v) is 8.45. The maximum Gasteiger partial charge on any atom is 0.333 e. The Kier molecular flexibility index (Phi) is 6.71. The van der Waals surface area contributed by atoms with Gasteiger partial charge in [-0.15, -0.1) is 11.3 Å². The molecule has 3 saturated heterocycles. The van der Waals surface area contributed by atoms with E-state index in [0.717, 1.165) is 35.6 Å². The molecule has 6 rings (SSSR count). The van der Waals surface area contributed by atoms with E-state index >= 15 is 0 Å². The molecule has 3 aliphatic heterocycles. The van der Waals surface area contributed by atoms with Gasteiger partial charge < -0.3 is 14.5 Å². The van der Waals surface area contributed by atoms with Gasteiger partial charge in [-0.2, -0.15) is 0 Å². The van der Waals surface area contributed by atoms with Crippen molar-refractivity contribution in [1.29, 1.82) is 0 Å². The molecule has 0 radical (unpaired) electrons. The molecule has 3 aromatic rings. The van der Waals surface area contributed by atoms with E-state index in [-0.39, 0.29) is 17.9 Å². The first-order valence-corrected chi connectivity index (χ1v) is 13.2. The van der Waals surface area contributed by atoms with Crippen LogP contribution in [0.4, 0.5) is 5.69 Å². The molecular formula is C28H32N3O3S+. The minimum Gasteiger partial charge on any atom is -0.454 e. The van der Waals surface area contributed by atoms with Crippen molar-refractivity contribution >= 4 is 28.8 Å². The highest BCUT2D eigenvalue weighted by Crippen LogP contribution is 2.40. The van der Waals surface area contributed by atoms with Crippen LogP contribution >= 0.6 is 11.3 Å². The Balaban J connectivity index is 1.33. The van der Waals surface area contributed by atoms with Gasteiger partial charge >= 0.3 is 5.97 Å². The summed E-state index contributed by atoms with van der Waals surface area (Å²) >= 11 is 1.51. The number of piperidine rings is 3.